The average molecular weight is 287 g/mol. The zero-order chi connectivity index (χ0) is 13.9. The minimum atomic E-state index is -0.378. The average Bonchev–Trinajstić information content (AvgIpc) is 3.10. The SMILES string of the molecule is Nc1ccccc1-n1ccc(C(=O)Nc2nnns2)n1. The summed E-state index contributed by atoms with van der Waals surface area (Å²) in [6.07, 6.45) is 1.67. The number of carbonyl (C=O) groups excluding carboxylic acids is 1. The molecule has 1 amide bonds. The quantitative estimate of drug-likeness (QED) is 0.694. The fraction of sp³-hybridized carbons (Fsp3) is 0. The molecule has 3 rings (SSSR count). The topological polar surface area (TPSA) is 112 Å². The summed E-state index contributed by atoms with van der Waals surface area (Å²) in [6.45, 7) is 0. The van der Waals surface area contributed by atoms with Crippen molar-refractivity contribution in [1.82, 2.24) is 24.6 Å². The van der Waals surface area contributed by atoms with Crippen LogP contribution in [0, 0.1) is 0 Å². The molecule has 0 atom stereocenters. The van der Waals surface area contributed by atoms with Crippen LogP contribution in [0.4, 0.5) is 10.8 Å². The molecule has 0 fully saturated rings. The monoisotopic (exact) mass is 287 g/mol. The number of rotatable bonds is 3. The number of nitrogen functional groups attached to an aromatic ring is 1. The minimum absolute atomic E-state index is 0.253. The van der Waals surface area contributed by atoms with Gasteiger partial charge in [-0.05, 0) is 23.4 Å². The second-order valence-electron chi connectivity index (χ2n) is 3.83. The fourth-order valence-corrected chi connectivity index (χ4v) is 1.98. The van der Waals surface area contributed by atoms with Crippen molar-refractivity contribution in [2.75, 3.05) is 11.1 Å². The molecule has 100 valence electrons. The summed E-state index contributed by atoms with van der Waals surface area (Å²) in [5.74, 6) is -0.378. The zero-order valence-electron chi connectivity index (χ0n) is 10.1. The Labute approximate surface area is 117 Å². The maximum absolute atomic E-state index is 11.9. The van der Waals surface area contributed by atoms with Crippen LogP contribution < -0.4 is 11.1 Å². The molecule has 20 heavy (non-hydrogen) atoms. The molecule has 2 aromatic heterocycles. The summed E-state index contributed by atoms with van der Waals surface area (Å²) in [5.41, 5.74) is 7.41. The van der Waals surface area contributed by atoms with Gasteiger partial charge in [-0.3, -0.25) is 10.1 Å². The third-order valence-corrected chi connectivity index (χ3v) is 3.04. The van der Waals surface area contributed by atoms with Gasteiger partial charge in [-0.1, -0.05) is 21.7 Å². The highest BCUT2D eigenvalue weighted by atomic mass is 32.1. The first kappa shape index (κ1) is 12.2. The molecular formula is C11H9N7OS. The molecule has 1 aromatic carbocycles. The maximum atomic E-state index is 11.9. The van der Waals surface area contributed by atoms with Crippen LogP contribution >= 0.6 is 11.5 Å². The van der Waals surface area contributed by atoms with Crippen molar-refractivity contribution in [3.05, 3.63) is 42.2 Å². The third-order valence-electron chi connectivity index (χ3n) is 2.53. The highest BCUT2D eigenvalue weighted by Crippen LogP contribution is 2.16. The van der Waals surface area contributed by atoms with E-state index in [9.17, 15) is 4.79 Å². The number of nitrogens with zero attached hydrogens (tertiary/aromatic N) is 5. The molecule has 0 spiro atoms. The van der Waals surface area contributed by atoms with Crippen LogP contribution in [0.15, 0.2) is 36.5 Å². The maximum Gasteiger partial charge on any atom is 0.278 e. The lowest BCUT2D eigenvalue weighted by molar-refractivity contribution is 0.102. The van der Waals surface area contributed by atoms with Crippen molar-refractivity contribution in [3.8, 4) is 5.69 Å². The van der Waals surface area contributed by atoms with E-state index in [-0.39, 0.29) is 11.6 Å². The van der Waals surface area contributed by atoms with Gasteiger partial charge in [-0.2, -0.15) is 5.10 Å². The van der Waals surface area contributed by atoms with Gasteiger partial charge in [0.05, 0.1) is 11.4 Å². The van der Waals surface area contributed by atoms with Gasteiger partial charge in [0.25, 0.3) is 5.91 Å². The Morgan fingerprint density at radius 2 is 2.15 bits per heavy atom. The van der Waals surface area contributed by atoms with Gasteiger partial charge < -0.3 is 5.73 Å². The first-order valence-electron chi connectivity index (χ1n) is 5.61. The van der Waals surface area contributed by atoms with Crippen molar-refractivity contribution in [2.24, 2.45) is 0 Å². The highest BCUT2D eigenvalue weighted by Gasteiger charge is 2.13. The number of nitrogens with two attached hydrogens (primary N) is 1. The lowest BCUT2D eigenvalue weighted by atomic mass is 10.3. The van der Waals surface area contributed by atoms with E-state index in [1.165, 1.54) is 0 Å². The predicted molar refractivity (Wildman–Crippen MR) is 73.6 cm³/mol. The summed E-state index contributed by atoms with van der Waals surface area (Å²) >= 11 is 0.993. The Morgan fingerprint density at radius 3 is 2.90 bits per heavy atom. The van der Waals surface area contributed by atoms with Crippen LogP contribution in [0.3, 0.4) is 0 Å². The molecule has 0 bridgehead atoms. The molecule has 0 unspecified atom stereocenters. The smallest absolute Gasteiger partial charge is 0.278 e. The number of hydrogen-bond donors (Lipinski definition) is 2. The van der Waals surface area contributed by atoms with Crippen molar-refractivity contribution >= 4 is 28.3 Å². The second kappa shape index (κ2) is 5.05. The number of anilines is 2. The van der Waals surface area contributed by atoms with Gasteiger partial charge >= 0.3 is 0 Å². The Bertz CT molecular complexity index is 737. The lowest BCUT2D eigenvalue weighted by Crippen LogP contribution is -2.13. The van der Waals surface area contributed by atoms with Crippen molar-refractivity contribution in [2.45, 2.75) is 0 Å². The van der Waals surface area contributed by atoms with E-state index in [1.807, 2.05) is 18.2 Å². The largest absolute Gasteiger partial charge is 0.397 e. The Kier molecular flexibility index (Phi) is 3.09. The molecule has 0 radical (unpaired) electrons. The lowest BCUT2D eigenvalue weighted by Gasteiger charge is -2.04. The number of benzene rings is 1. The van der Waals surface area contributed by atoms with Crippen molar-refractivity contribution in [1.29, 1.82) is 0 Å². The van der Waals surface area contributed by atoms with Crippen LogP contribution in [0.1, 0.15) is 10.5 Å². The number of aromatic nitrogens is 5. The fourth-order valence-electron chi connectivity index (χ4n) is 1.62. The van der Waals surface area contributed by atoms with E-state index in [4.69, 9.17) is 5.73 Å². The van der Waals surface area contributed by atoms with Crippen LogP contribution in [-0.4, -0.2) is 30.5 Å². The second-order valence-corrected chi connectivity index (χ2v) is 4.56. The van der Waals surface area contributed by atoms with Crippen LogP contribution in [0.2, 0.25) is 0 Å². The van der Waals surface area contributed by atoms with Crippen molar-refractivity contribution in [3.63, 3.8) is 0 Å². The summed E-state index contributed by atoms with van der Waals surface area (Å²) in [7, 11) is 0. The molecular weight excluding hydrogens is 278 g/mol. The number of hydrogen-bond acceptors (Lipinski definition) is 7. The van der Waals surface area contributed by atoms with E-state index in [2.05, 4.69) is 25.2 Å². The molecule has 9 heteroatoms. The summed E-state index contributed by atoms with van der Waals surface area (Å²) in [6, 6.07) is 8.86. The highest BCUT2D eigenvalue weighted by molar-refractivity contribution is 7.09. The molecule has 2 heterocycles. The van der Waals surface area contributed by atoms with Gasteiger partial charge in [0, 0.05) is 17.7 Å². The molecule has 0 aliphatic carbocycles. The third kappa shape index (κ3) is 2.34. The number of carbonyl (C=O) groups is 1. The van der Waals surface area contributed by atoms with Crippen LogP contribution in [-0.2, 0) is 0 Å². The van der Waals surface area contributed by atoms with E-state index < -0.39 is 0 Å². The number of amides is 1. The molecule has 3 aromatic rings. The normalized spacial score (nSPS) is 10.4. The molecule has 0 aliphatic heterocycles. The number of nitrogens with one attached hydrogen (secondary N) is 1. The Balaban J connectivity index is 1.83. The zero-order valence-corrected chi connectivity index (χ0v) is 10.9. The molecule has 0 saturated carbocycles. The van der Waals surface area contributed by atoms with Crippen LogP contribution in [0.5, 0.6) is 0 Å². The van der Waals surface area contributed by atoms with Gasteiger partial charge in [-0.25, -0.2) is 4.68 Å². The van der Waals surface area contributed by atoms with Gasteiger partial charge in [0.15, 0.2) is 5.69 Å². The van der Waals surface area contributed by atoms with Crippen molar-refractivity contribution < 1.29 is 4.79 Å². The predicted octanol–water partition coefficient (Wildman–Crippen LogP) is 0.953. The molecule has 0 aliphatic rings. The molecule has 8 nitrogen and oxygen atoms in total. The first-order valence-corrected chi connectivity index (χ1v) is 6.38. The molecule has 3 N–H and O–H groups in total. The Morgan fingerprint density at radius 1 is 1.30 bits per heavy atom. The van der Waals surface area contributed by atoms with Gasteiger partial charge in [-0.15, -0.1) is 0 Å². The van der Waals surface area contributed by atoms with E-state index in [0.29, 0.717) is 16.5 Å². The summed E-state index contributed by atoms with van der Waals surface area (Å²) in [5, 5.41) is 14.1. The van der Waals surface area contributed by atoms with Crippen LogP contribution in [0.25, 0.3) is 5.69 Å². The minimum Gasteiger partial charge on any atom is -0.397 e. The number of para-hydroxylation sites is 2. The van der Waals surface area contributed by atoms with Gasteiger partial charge in [0.2, 0.25) is 5.13 Å². The van der Waals surface area contributed by atoms with E-state index >= 15 is 0 Å². The first-order chi connectivity index (χ1) is 9.74. The standard InChI is InChI=1S/C11H9N7OS/c12-7-3-1-2-4-9(7)18-6-5-8(15-18)10(19)13-11-14-16-17-20-11/h1-6H,12H2,(H,13,14,17,19). The summed E-state index contributed by atoms with van der Waals surface area (Å²) in [4.78, 5) is 11.9. The van der Waals surface area contributed by atoms with Gasteiger partial charge in [0.1, 0.15) is 0 Å². The molecule has 0 saturated heterocycles. The van der Waals surface area contributed by atoms with E-state index in [1.54, 1.807) is 23.0 Å². The summed E-state index contributed by atoms with van der Waals surface area (Å²) < 4.78 is 5.10. The van der Waals surface area contributed by atoms with E-state index in [0.717, 1.165) is 11.5 Å². The Hall–Kier alpha value is -2.81.